The average Bonchev–Trinajstić information content (AvgIpc) is 2.20. The van der Waals surface area contributed by atoms with Crippen molar-refractivity contribution in [3.8, 4) is 0 Å². The van der Waals surface area contributed by atoms with E-state index < -0.39 is 15.3 Å². The van der Waals surface area contributed by atoms with Crippen molar-refractivity contribution in [3.05, 3.63) is 0 Å². The van der Waals surface area contributed by atoms with Gasteiger partial charge in [-0.15, -0.1) is 0 Å². The number of sulfonamides is 1. The summed E-state index contributed by atoms with van der Waals surface area (Å²) in [5, 5.41) is 2.71. The normalized spacial score (nSPS) is 24.5. The minimum absolute atomic E-state index is 0.0582. The largest absolute Gasteiger partial charge is 0.316 e. The van der Waals surface area contributed by atoms with E-state index >= 15 is 0 Å². The number of hydrogen-bond donors (Lipinski definition) is 2. The van der Waals surface area contributed by atoms with E-state index in [1.54, 1.807) is 6.92 Å². The molecular weight excluding hydrogens is 272 g/mol. The first-order valence-electron chi connectivity index (χ1n) is 7.69. The van der Waals surface area contributed by atoms with Crippen molar-refractivity contribution < 1.29 is 8.42 Å². The van der Waals surface area contributed by atoms with Gasteiger partial charge in [-0.25, -0.2) is 13.1 Å². The number of nitrogens with one attached hydrogen (secondary N) is 2. The minimum atomic E-state index is -3.25. The zero-order valence-electron chi connectivity index (χ0n) is 13.9. The second-order valence-electron chi connectivity index (χ2n) is 7.89. The average molecular weight is 305 g/mol. The van der Waals surface area contributed by atoms with Crippen molar-refractivity contribution >= 4 is 10.0 Å². The third-order valence-corrected chi connectivity index (χ3v) is 5.99. The van der Waals surface area contributed by atoms with E-state index in [2.05, 4.69) is 37.7 Å². The molecule has 1 fully saturated rings. The van der Waals surface area contributed by atoms with Crippen LogP contribution in [0.15, 0.2) is 0 Å². The fourth-order valence-corrected chi connectivity index (χ4v) is 4.94. The van der Waals surface area contributed by atoms with Crippen LogP contribution in [0.2, 0.25) is 0 Å². The molecule has 1 aliphatic carbocycles. The monoisotopic (exact) mass is 304 g/mol. The van der Waals surface area contributed by atoms with Crippen LogP contribution in [-0.4, -0.2) is 32.8 Å². The van der Waals surface area contributed by atoms with Crippen LogP contribution in [0.3, 0.4) is 0 Å². The molecule has 120 valence electrons. The van der Waals surface area contributed by atoms with Gasteiger partial charge in [0.25, 0.3) is 0 Å². The quantitative estimate of drug-likeness (QED) is 0.793. The van der Waals surface area contributed by atoms with Gasteiger partial charge in [-0.05, 0) is 43.6 Å². The first kappa shape index (κ1) is 17.9. The summed E-state index contributed by atoms with van der Waals surface area (Å²) in [7, 11) is -3.25. The summed E-state index contributed by atoms with van der Waals surface area (Å²) < 4.78 is 27.7. The molecule has 1 atom stereocenters. The third-order valence-electron chi connectivity index (χ3n) is 4.10. The smallest absolute Gasteiger partial charge is 0.215 e. The Morgan fingerprint density at radius 2 is 1.65 bits per heavy atom. The van der Waals surface area contributed by atoms with Crippen LogP contribution in [0.1, 0.15) is 60.8 Å². The predicted octanol–water partition coefficient (Wildman–Crippen LogP) is 2.51. The fourth-order valence-electron chi connectivity index (χ4n) is 3.74. The molecule has 0 heterocycles. The van der Waals surface area contributed by atoms with E-state index in [1.807, 2.05) is 6.92 Å². The van der Waals surface area contributed by atoms with Gasteiger partial charge in [-0.1, -0.05) is 34.6 Å². The topological polar surface area (TPSA) is 58.2 Å². The highest BCUT2D eigenvalue weighted by Gasteiger charge is 2.40. The Kier molecular flexibility index (Phi) is 5.67. The van der Waals surface area contributed by atoms with Crippen molar-refractivity contribution in [2.45, 2.75) is 72.1 Å². The van der Waals surface area contributed by atoms with E-state index in [-0.39, 0.29) is 16.9 Å². The molecular formula is C15H32N2O2S. The van der Waals surface area contributed by atoms with Crippen molar-refractivity contribution in [3.63, 3.8) is 0 Å². The molecule has 20 heavy (non-hydrogen) atoms. The predicted molar refractivity (Wildman–Crippen MR) is 85.3 cm³/mol. The molecule has 0 aliphatic heterocycles. The van der Waals surface area contributed by atoms with Crippen molar-refractivity contribution in [2.75, 3.05) is 13.1 Å². The summed E-state index contributed by atoms with van der Waals surface area (Å²) in [6, 6.07) is 0.0582. The second kappa shape index (κ2) is 6.32. The standard InChI is InChI=1S/C15H32N2O2S/c1-7-16-10-12(2)20(18,19)17-13-8-14(3,4)11-15(5,6)9-13/h12-13,16-17H,7-11H2,1-6H3. The van der Waals surface area contributed by atoms with Crippen LogP contribution < -0.4 is 10.0 Å². The third kappa shape index (κ3) is 5.34. The van der Waals surface area contributed by atoms with Crippen LogP contribution in [0.25, 0.3) is 0 Å². The van der Waals surface area contributed by atoms with Gasteiger partial charge in [0, 0.05) is 12.6 Å². The minimum Gasteiger partial charge on any atom is -0.316 e. The summed E-state index contributed by atoms with van der Waals surface area (Å²) in [4.78, 5) is 0. The van der Waals surface area contributed by atoms with Crippen molar-refractivity contribution in [1.82, 2.24) is 10.0 Å². The molecule has 0 aromatic carbocycles. The van der Waals surface area contributed by atoms with E-state index in [0.717, 1.165) is 25.8 Å². The van der Waals surface area contributed by atoms with E-state index in [4.69, 9.17) is 0 Å². The first-order chi connectivity index (χ1) is 8.97. The van der Waals surface area contributed by atoms with Gasteiger partial charge in [0.1, 0.15) is 0 Å². The molecule has 0 bridgehead atoms. The van der Waals surface area contributed by atoms with Crippen LogP contribution >= 0.6 is 0 Å². The molecule has 0 amide bonds. The lowest BCUT2D eigenvalue weighted by atomic mass is 9.64. The maximum atomic E-state index is 12.4. The van der Waals surface area contributed by atoms with Crippen LogP contribution in [0, 0.1) is 10.8 Å². The lowest BCUT2D eigenvalue weighted by molar-refractivity contribution is 0.0933. The molecule has 0 saturated heterocycles. The Balaban J connectivity index is 2.71. The van der Waals surface area contributed by atoms with E-state index in [9.17, 15) is 8.42 Å². The van der Waals surface area contributed by atoms with Gasteiger partial charge in [-0.3, -0.25) is 0 Å². The van der Waals surface area contributed by atoms with Crippen molar-refractivity contribution in [1.29, 1.82) is 0 Å². The Morgan fingerprint density at radius 3 is 2.10 bits per heavy atom. The Hall–Kier alpha value is -0.130. The zero-order valence-corrected chi connectivity index (χ0v) is 14.7. The second-order valence-corrected chi connectivity index (χ2v) is 10.0. The van der Waals surface area contributed by atoms with Gasteiger partial charge in [0.2, 0.25) is 10.0 Å². The van der Waals surface area contributed by atoms with Gasteiger partial charge in [-0.2, -0.15) is 0 Å². The highest BCUT2D eigenvalue weighted by Crippen LogP contribution is 2.45. The van der Waals surface area contributed by atoms with Crippen LogP contribution in [0.5, 0.6) is 0 Å². The molecule has 5 heteroatoms. The van der Waals surface area contributed by atoms with Crippen molar-refractivity contribution in [2.24, 2.45) is 10.8 Å². The molecule has 1 unspecified atom stereocenters. The lowest BCUT2D eigenvalue weighted by Gasteiger charge is -2.45. The highest BCUT2D eigenvalue weighted by molar-refractivity contribution is 7.90. The molecule has 0 spiro atoms. The first-order valence-corrected chi connectivity index (χ1v) is 9.24. The summed E-state index contributed by atoms with van der Waals surface area (Å²) in [6.07, 6.45) is 2.98. The molecule has 2 N–H and O–H groups in total. The Bertz CT molecular complexity index is 400. The summed E-state index contributed by atoms with van der Waals surface area (Å²) in [5.74, 6) is 0. The highest BCUT2D eigenvalue weighted by atomic mass is 32.2. The zero-order chi connectivity index (χ0) is 15.6. The van der Waals surface area contributed by atoms with E-state index in [1.165, 1.54) is 0 Å². The molecule has 0 aromatic heterocycles. The Labute approximate surface area is 125 Å². The summed E-state index contributed by atoms with van der Waals surface area (Å²) >= 11 is 0. The van der Waals surface area contributed by atoms with Gasteiger partial charge in [0.15, 0.2) is 0 Å². The van der Waals surface area contributed by atoms with Gasteiger partial charge >= 0.3 is 0 Å². The lowest BCUT2D eigenvalue weighted by Crippen LogP contribution is -2.49. The van der Waals surface area contributed by atoms with Crippen LogP contribution in [-0.2, 0) is 10.0 Å². The van der Waals surface area contributed by atoms with Crippen LogP contribution in [0.4, 0.5) is 0 Å². The number of hydrogen-bond acceptors (Lipinski definition) is 3. The molecule has 0 radical (unpaired) electrons. The fraction of sp³-hybridized carbons (Fsp3) is 1.00. The molecule has 1 aliphatic rings. The molecule has 1 saturated carbocycles. The maximum absolute atomic E-state index is 12.4. The molecule has 1 rings (SSSR count). The summed E-state index contributed by atoms with van der Waals surface area (Å²) in [5.41, 5.74) is 0.389. The number of rotatable bonds is 6. The van der Waals surface area contributed by atoms with Gasteiger partial charge < -0.3 is 5.32 Å². The maximum Gasteiger partial charge on any atom is 0.215 e. The molecule has 0 aromatic rings. The summed E-state index contributed by atoms with van der Waals surface area (Å²) in [6.45, 7) is 14.0. The molecule has 4 nitrogen and oxygen atoms in total. The van der Waals surface area contributed by atoms with Gasteiger partial charge in [0.05, 0.1) is 5.25 Å². The van der Waals surface area contributed by atoms with E-state index in [0.29, 0.717) is 6.54 Å². The SMILES string of the molecule is CCNCC(C)S(=O)(=O)NC1CC(C)(C)CC(C)(C)C1. The Morgan fingerprint density at radius 1 is 1.15 bits per heavy atom.